The fraction of sp³-hybridized carbons (Fsp3) is 0.588. The summed E-state index contributed by atoms with van der Waals surface area (Å²) in [6, 6.07) is 5.28. The molecule has 0 unspecified atom stereocenters. The van der Waals surface area contributed by atoms with Crippen LogP contribution in [0.4, 0.5) is 11.4 Å². The molecule has 7 nitrogen and oxygen atoms in total. The molecule has 2 fully saturated rings. The number of benzene rings is 1. The van der Waals surface area contributed by atoms with Crippen LogP contribution in [0, 0.1) is 0 Å². The maximum absolute atomic E-state index is 13.0. The maximum Gasteiger partial charge on any atom is 0.243 e. The topological polar surface area (TPSA) is 73.9 Å². The zero-order valence-corrected chi connectivity index (χ0v) is 16.7. The standard InChI is InChI=1S/C17H26N4O3S2/c1-18-17(25)19-15-13-14(26(22,23)21-9-11-24-12-10-21)5-6-16(15)20-7-3-2-4-8-20/h5-6,13H,2-4,7-12H2,1H3,(H2,18,19,25). The van der Waals surface area contributed by atoms with Crippen molar-refractivity contribution < 1.29 is 13.2 Å². The van der Waals surface area contributed by atoms with Crippen LogP contribution in [0.1, 0.15) is 19.3 Å². The van der Waals surface area contributed by atoms with E-state index in [0.29, 0.717) is 31.4 Å². The molecule has 0 bridgehead atoms. The number of piperidine rings is 1. The molecule has 0 aromatic heterocycles. The first kappa shape index (κ1) is 19.3. The monoisotopic (exact) mass is 398 g/mol. The van der Waals surface area contributed by atoms with E-state index >= 15 is 0 Å². The average molecular weight is 399 g/mol. The number of rotatable bonds is 4. The molecule has 9 heteroatoms. The van der Waals surface area contributed by atoms with Crippen LogP contribution in [0.5, 0.6) is 0 Å². The minimum Gasteiger partial charge on any atom is -0.379 e. The highest BCUT2D eigenvalue weighted by Crippen LogP contribution is 2.32. The number of nitrogens with zero attached hydrogens (tertiary/aromatic N) is 2. The van der Waals surface area contributed by atoms with Crippen LogP contribution in [0.2, 0.25) is 0 Å². The van der Waals surface area contributed by atoms with Crippen molar-refractivity contribution in [1.29, 1.82) is 0 Å². The van der Waals surface area contributed by atoms with E-state index in [1.165, 1.54) is 10.7 Å². The number of ether oxygens (including phenoxy) is 1. The molecule has 2 heterocycles. The summed E-state index contributed by atoms with van der Waals surface area (Å²) in [5.74, 6) is 0. The van der Waals surface area contributed by atoms with Gasteiger partial charge < -0.3 is 20.3 Å². The second-order valence-corrected chi connectivity index (χ2v) is 8.79. The van der Waals surface area contributed by atoms with Gasteiger partial charge in [0.25, 0.3) is 0 Å². The number of anilines is 2. The van der Waals surface area contributed by atoms with Gasteiger partial charge in [0.2, 0.25) is 10.0 Å². The van der Waals surface area contributed by atoms with Gasteiger partial charge in [0.05, 0.1) is 29.5 Å². The van der Waals surface area contributed by atoms with E-state index in [9.17, 15) is 8.42 Å². The molecule has 0 atom stereocenters. The second-order valence-electron chi connectivity index (χ2n) is 6.45. The van der Waals surface area contributed by atoms with Crippen LogP contribution in [-0.2, 0) is 14.8 Å². The van der Waals surface area contributed by atoms with Crippen LogP contribution in [0.15, 0.2) is 23.1 Å². The number of hydrogen-bond acceptors (Lipinski definition) is 5. The highest BCUT2D eigenvalue weighted by atomic mass is 32.2. The lowest BCUT2D eigenvalue weighted by Crippen LogP contribution is -2.40. The zero-order chi connectivity index (χ0) is 18.6. The lowest BCUT2D eigenvalue weighted by Gasteiger charge is -2.31. The first-order valence-corrected chi connectivity index (χ1v) is 10.8. The Labute approximate surface area is 160 Å². The lowest BCUT2D eigenvalue weighted by atomic mass is 10.1. The van der Waals surface area contributed by atoms with Gasteiger partial charge in [-0.1, -0.05) is 0 Å². The summed E-state index contributed by atoms with van der Waals surface area (Å²) < 4.78 is 32.7. The third-order valence-corrected chi connectivity index (χ3v) is 6.95. The van der Waals surface area contributed by atoms with Gasteiger partial charge in [-0.15, -0.1) is 0 Å². The third-order valence-electron chi connectivity index (χ3n) is 4.75. The van der Waals surface area contributed by atoms with Crippen LogP contribution >= 0.6 is 12.2 Å². The normalized spacial score (nSPS) is 19.2. The molecule has 26 heavy (non-hydrogen) atoms. The molecule has 0 amide bonds. The lowest BCUT2D eigenvalue weighted by molar-refractivity contribution is 0.0730. The van der Waals surface area contributed by atoms with Crippen molar-refractivity contribution in [3.8, 4) is 0 Å². The smallest absolute Gasteiger partial charge is 0.243 e. The molecule has 0 saturated carbocycles. The van der Waals surface area contributed by atoms with Crippen LogP contribution in [0.25, 0.3) is 0 Å². The Bertz CT molecular complexity index is 742. The number of thiocarbonyl (C=S) groups is 1. The van der Waals surface area contributed by atoms with Crippen LogP contribution in [0.3, 0.4) is 0 Å². The van der Waals surface area contributed by atoms with E-state index in [-0.39, 0.29) is 4.90 Å². The maximum atomic E-state index is 13.0. The summed E-state index contributed by atoms with van der Waals surface area (Å²) in [4.78, 5) is 2.57. The molecule has 3 rings (SSSR count). The fourth-order valence-corrected chi connectivity index (χ4v) is 4.85. The second kappa shape index (κ2) is 8.51. The number of morpholine rings is 1. The Morgan fingerprint density at radius 1 is 1.12 bits per heavy atom. The number of hydrogen-bond donors (Lipinski definition) is 2. The Morgan fingerprint density at radius 3 is 2.46 bits per heavy atom. The summed E-state index contributed by atoms with van der Waals surface area (Å²) in [5, 5.41) is 6.50. The van der Waals surface area contributed by atoms with Crippen molar-refractivity contribution in [3.05, 3.63) is 18.2 Å². The Morgan fingerprint density at radius 2 is 1.81 bits per heavy atom. The minimum atomic E-state index is -3.54. The fourth-order valence-electron chi connectivity index (χ4n) is 3.31. The Balaban J connectivity index is 1.94. The quantitative estimate of drug-likeness (QED) is 0.747. The number of sulfonamides is 1. The van der Waals surface area contributed by atoms with Crippen molar-refractivity contribution in [3.63, 3.8) is 0 Å². The summed E-state index contributed by atoms with van der Waals surface area (Å²) in [6.07, 6.45) is 3.52. The molecule has 1 aromatic rings. The van der Waals surface area contributed by atoms with Crippen molar-refractivity contribution in [2.24, 2.45) is 0 Å². The summed E-state index contributed by atoms with van der Waals surface area (Å²) in [6.45, 7) is 3.56. The molecule has 0 radical (unpaired) electrons. The predicted octanol–water partition coefficient (Wildman–Crippen LogP) is 1.61. The summed E-state index contributed by atoms with van der Waals surface area (Å²) >= 11 is 5.24. The van der Waals surface area contributed by atoms with Gasteiger partial charge in [-0.05, 0) is 49.7 Å². The van der Waals surface area contributed by atoms with Crippen molar-refractivity contribution >= 4 is 38.7 Å². The van der Waals surface area contributed by atoms with Crippen molar-refractivity contribution in [1.82, 2.24) is 9.62 Å². The summed E-state index contributed by atoms with van der Waals surface area (Å²) in [7, 11) is -1.80. The van der Waals surface area contributed by atoms with E-state index in [1.807, 2.05) is 6.07 Å². The first-order chi connectivity index (χ1) is 12.5. The van der Waals surface area contributed by atoms with E-state index in [4.69, 9.17) is 17.0 Å². The van der Waals surface area contributed by atoms with Gasteiger partial charge in [-0.3, -0.25) is 0 Å². The zero-order valence-electron chi connectivity index (χ0n) is 15.0. The highest BCUT2D eigenvalue weighted by Gasteiger charge is 2.27. The molecule has 2 aliphatic heterocycles. The Kier molecular flexibility index (Phi) is 6.33. The Hall–Kier alpha value is -1.42. The van der Waals surface area contributed by atoms with E-state index in [1.54, 1.807) is 19.2 Å². The SMILES string of the molecule is CNC(=S)Nc1cc(S(=O)(=O)N2CCOCC2)ccc1N1CCCCC1. The van der Waals surface area contributed by atoms with Gasteiger partial charge >= 0.3 is 0 Å². The van der Waals surface area contributed by atoms with Crippen LogP contribution < -0.4 is 15.5 Å². The first-order valence-electron chi connectivity index (χ1n) is 8.98. The molecule has 2 N–H and O–H groups in total. The molecule has 0 aliphatic carbocycles. The molecular formula is C17H26N4O3S2. The average Bonchev–Trinajstić information content (AvgIpc) is 2.69. The van der Waals surface area contributed by atoms with Crippen molar-refractivity contribution in [2.75, 3.05) is 56.7 Å². The van der Waals surface area contributed by atoms with Crippen molar-refractivity contribution in [2.45, 2.75) is 24.2 Å². The third kappa shape index (κ3) is 4.28. The number of nitrogens with one attached hydrogen (secondary N) is 2. The molecule has 2 saturated heterocycles. The van der Waals surface area contributed by atoms with Gasteiger partial charge in [0, 0.05) is 33.2 Å². The molecule has 2 aliphatic rings. The molecule has 1 aromatic carbocycles. The molecular weight excluding hydrogens is 372 g/mol. The van der Waals surface area contributed by atoms with E-state index < -0.39 is 10.0 Å². The van der Waals surface area contributed by atoms with E-state index in [0.717, 1.165) is 37.3 Å². The van der Waals surface area contributed by atoms with E-state index in [2.05, 4.69) is 15.5 Å². The molecule has 0 spiro atoms. The van der Waals surface area contributed by atoms with Gasteiger partial charge in [0.15, 0.2) is 5.11 Å². The summed E-state index contributed by atoms with van der Waals surface area (Å²) in [5.41, 5.74) is 1.71. The largest absolute Gasteiger partial charge is 0.379 e. The van der Waals surface area contributed by atoms with Gasteiger partial charge in [0.1, 0.15) is 0 Å². The van der Waals surface area contributed by atoms with Gasteiger partial charge in [-0.2, -0.15) is 4.31 Å². The van der Waals surface area contributed by atoms with Gasteiger partial charge in [-0.25, -0.2) is 8.42 Å². The predicted molar refractivity (Wildman–Crippen MR) is 107 cm³/mol. The molecule has 144 valence electrons. The highest BCUT2D eigenvalue weighted by molar-refractivity contribution is 7.89. The van der Waals surface area contributed by atoms with Crippen LogP contribution in [-0.4, -0.2) is 64.3 Å². The minimum absolute atomic E-state index is 0.279.